The summed E-state index contributed by atoms with van der Waals surface area (Å²) in [7, 11) is 1.45. The predicted molar refractivity (Wildman–Crippen MR) is 443 cm³/mol. The van der Waals surface area contributed by atoms with Gasteiger partial charge in [0, 0.05) is 59.6 Å². The van der Waals surface area contributed by atoms with Crippen LogP contribution in [-0.4, -0.2) is 250 Å². The number of nitrogens with zero attached hydrogens (tertiary/aromatic N) is 1. The second-order valence-corrected chi connectivity index (χ2v) is 33.4. The Morgan fingerprint density at radius 1 is 0.677 bits per heavy atom. The summed E-state index contributed by atoms with van der Waals surface area (Å²) in [6.07, 6.45) is -33.4. The number of nitrogens with one attached hydrogen (secondary N) is 8. The third kappa shape index (κ3) is 21.4. The summed E-state index contributed by atoms with van der Waals surface area (Å²) in [4.78, 5) is 125. The third-order valence-corrected chi connectivity index (χ3v) is 23.2. The van der Waals surface area contributed by atoms with Crippen molar-refractivity contribution in [3.8, 4) is 74.1 Å². The van der Waals surface area contributed by atoms with Crippen LogP contribution in [0.2, 0.25) is 10.0 Å². The summed E-state index contributed by atoms with van der Waals surface area (Å²) in [5.41, 5.74) is 9.19. The number of hydrogen-bond donors (Lipinski definition) is 22. The molecule has 45 heteroatoms. The molecule has 0 saturated carbocycles. The monoisotopic (exact) mass is 1860 g/mol. The number of phenols is 3. The Hall–Kier alpha value is -11.4. The van der Waals surface area contributed by atoms with Crippen LogP contribution >= 0.6 is 23.2 Å². The number of aliphatic hydroxyl groups is 8. The van der Waals surface area contributed by atoms with Gasteiger partial charge in [-0.2, -0.15) is 0 Å². The highest BCUT2D eigenvalue weighted by atomic mass is 35.5. The van der Waals surface area contributed by atoms with Crippen molar-refractivity contribution >= 4 is 70.5 Å². The molecule has 40 nitrogen and oxygen atoms in total. The number of hydrogen-bond acceptors (Lipinski definition) is 32. The van der Waals surface area contributed by atoms with Crippen LogP contribution in [0.4, 0.5) is 13.2 Å². The first-order valence-electron chi connectivity index (χ1n) is 40.6. The Morgan fingerprint density at radius 3 is 1.92 bits per heavy atom. The highest BCUT2D eigenvalue weighted by Crippen LogP contribution is 2.51. The average molecular weight is 1860 g/mol. The zero-order chi connectivity index (χ0) is 94.1. The number of primary amides is 1. The lowest BCUT2D eigenvalue weighted by atomic mass is 9.86. The summed E-state index contributed by atoms with van der Waals surface area (Å²) < 4.78 is 93.5. The molecule has 7 aromatic rings. The van der Waals surface area contributed by atoms with Crippen molar-refractivity contribution in [1.29, 1.82) is 0 Å². The first-order chi connectivity index (χ1) is 61.5. The van der Waals surface area contributed by atoms with Crippen LogP contribution in [0.5, 0.6) is 51.7 Å². The number of aromatic nitrogens is 1. The number of carboxylic acid groups (broad SMARTS) is 1. The minimum atomic E-state index is -4.91. The Labute approximate surface area is 746 Å². The van der Waals surface area contributed by atoms with E-state index in [1.165, 1.54) is 51.4 Å². The van der Waals surface area contributed by atoms with Crippen LogP contribution in [0.3, 0.4) is 0 Å². The maximum absolute atomic E-state index is 16.4. The van der Waals surface area contributed by atoms with E-state index in [4.69, 9.17) is 72.6 Å². The molecule has 698 valence electrons. The van der Waals surface area contributed by atoms with Crippen LogP contribution < -0.4 is 72.9 Å². The molecule has 3 fully saturated rings. The lowest BCUT2D eigenvalue weighted by Crippen LogP contribution is -2.65. The van der Waals surface area contributed by atoms with Crippen LogP contribution in [0.1, 0.15) is 111 Å². The van der Waals surface area contributed by atoms with E-state index in [1.54, 1.807) is 26.0 Å². The summed E-state index contributed by atoms with van der Waals surface area (Å²) in [6, 6.07) is 6.75. The van der Waals surface area contributed by atoms with Crippen LogP contribution in [0, 0.1) is 5.92 Å². The molecule has 23 atom stereocenters. The predicted octanol–water partition coefficient (Wildman–Crippen LogP) is 1.69. The lowest BCUT2D eigenvalue weighted by Gasteiger charge is -2.46. The van der Waals surface area contributed by atoms with E-state index < -0.39 is 296 Å². The van der Waals surface area contributed by atoms with Gasteiger partial charge in [0.15, 0.2) is 30.1 Å². The van der Waals surface area contributed by atoms with E-state index in [0.29, 0.717) is 16.8 Å². The van der Waals surface area contributed by atoms with Crippen LogP contribution in [0.15, 0.2) is 121 Å². The van der Waals surface area contributed by atoms with Gasteiger partial charge in [0.25, 0.3) is 0 Å². The molecular weight excluding hydrogens is 1770 g/mol. The molecule has 1 aromatic heterocycles. The van der Waals surface area contributed by atoms with E-state index in [0.717, 1.165) is 78.9 Å². The van der Waals surface area contributed by atoms with Crippen LogP contribution in [-0.2, 0) is 68.6 Å². The number of ether oxygens (including phenoxy) is 9. The number of aliphatic hydroxyl groups excluding tert-OH is 8. The van der Waals surface area contributed by atoms with Gasteiger partial charge in [-0.3, -0.25) is 38.5 Å². The van der Waals surface area contributed by atoms with Crippen molar-refractivity contribution in [2.24, 2.45) is 17.4 Å². The molecule has 15 rings (SSSR count). The van der Waals surface area contributed by atoms with Crippen molar-refractivity contribution < 1.29 is 155 Å². The number of amides is 7. The molecule has 0 aliphatic carbocycles. The zero-order valence-corrected chi connectivity index (χ0v) is 70.9. The summed E-state index contributed by atoms with van der Waals surface area (Å²) in [6.45, 7) is 5.05. The molecule has 8 aliphatic rings. The van der Waals surface area contributed by atoms with Gasteiger partial charge in [0.05, 0.1) is 47.0 Å². The quantitative estimate of drug-likeness (QED) is 0.0487. The molecule has 3 saturated heterocycles. The van der Waals surface area contributed by atoms with Gasteiger partial charge >= 0.3 is 12.3 Å². The molecular formula is C85H94Cl2F3N11O29. The highest BCUT2D eigenvalue weighted by molar-refractivity contribution is 6.32. The molecule has 130 heavy (non-hydrogen) atoms. The van der Waals surface area contributed by atoms with E-state index in [-0.39, 0.29) is 43.0 Å². The normalized spacial score (nSPS) is 29.2. The van der Waals surface area contributed by atoms with Gasteiger partial charge < -0.3 is 158 Å². The van der Waals surface area contributed by atoms with Crippen molar-refractivity contribution in [3.63, 3.8) is 0 Å². The van der Waals surface area contributed by atoms with Crippen molar-refractivity contribution in [3.05, 3.63) is 165 Å². The fourth-order valence-electron chi connectivity index (χ4n) is 15.9. The number of likely N-dealkylation sites (N-methyl/N-ethyl adjacent to an activating group) is 1. The van der Waals surface area contributed by atoms with E-state index >= 15 is 24.0 Å². The highest BCUT2D eigenvalue weighted by Gasteiger charge is 2.53. The minimum Gasteiger partial charge on any atom is -0.508 e. The fraction of sp³-hybridized carbons (Fsp3) is 0.424. The number of pyridine rings is 1. The number of aliphatic carboxylic acids is 1. The number of carbonyl (C=O) groups excluding carboxylic acids is 7. The number of benzene rings is 6. The van der Waals surface area contributed by atoms with Gasteiger partial charge in [0.1, 0.15) is 126 Å². The molecule has 0 radical (unpaired) electrons. The number of carboxylic acids is 1. The molecule has 7 amide bonds. The first-order valence-corrected chi connectivity index (χ1v) is 41.4. The molecule has 11 bridgehead atoms. The first kappa shape index (κ1) is 96.1. The summed E-state index contributed by atoms with van der Waals surface area (Å²) in [5.74, 6) is -17.5. The number of fused-ring (bicyclic) bond motifs is 15. The molecule has 8 aliphatic heterocycles. The SMILES string of the molecule is CN[C@H](CC(C)C)C(=O)NC1C(=O)N[C@H](CC(N)=O)C(=O)N[C@H]2C(=O)N[C@H]3C(=O)N[C@H](C(=O)N[C@@H](C(=O)O)c4cc(O)cc(O)c4-c4cc3ccc4O)[C@H](O[C@H]3C[C@](C)(N)[C@@H](O)[C@H](C)O3)c3ccc(c(Cl)c3)Oc3cc2cc(c3O[C@@H]2O[C@H](CO)[C@@H](O[C@@H]3O[C@H](CNCc4ccc(-c5ccc(OC(F)(F)F)cc5)nc4)[C@H](O)[C@H](O)[C@H]3O)[C@H](O)[C@H]2O)Oc2ccc(cc2Cl)[C@H]1O. The fourth-order valence-corrected chi connectivity index (χ4v) is 16.3. The van der Waals surface area contributed by atoms with Gasteiger partial charge in [-0.05, 0) is 146 Å². The molecule has 6 aromatic carbocycles. The Bertz CT molecular complexity index is 5400. The number of nitrogens with two attached hydrogens (primary N) is 2. The van der Waals surface area contributed by atoms with E-state index in [1.807, 2.05) is 0 Å². The summed E-state index contributed by atoms with van der Waals surface area (Å²) in [5, 5.41) is 159. The topological polar surface area (TPSA) is 624 Å². The smallest absolute Gasteiger partial charge is 0.508 e. The number of halogens is 5. The molecule has 0 spiro atoms. The maximum Gasteiger partial charge on any atom is 0.573 e. The second kappa shape index (κ2) is 39.7. The molecule has 24 N–H and O–H groups in total. The number of rotatable bonds is 21. The minimum absolute atomic E-state index is 0.0199. The Kier molecular flexibility index (Phi) is 29.4. The van der Waals surface area contributed by atoms with Gasteiger partial charge in [-0.15, -0.1) is 13.2 Å². The number of aromatic hydroxyl groups is 3. The second-order valence-electron chi connectivity index (χ2n) is 32.6. The number of carbonyl (C=O) groups is 8. The Balaban J connectivity index is 0.939. The van der Waals surface area contributed by atoms with Gasteiger partial charge in [-0.25, -0.2) is 4.79 Å². The van der Waals surface area contributed by atoms with Crippen molar-refractivity contribution in [1.82, 2.24) is 47.5 Å². The zero-order valence-electron chi connectivity index (χ0n) is 69.4. The third-order valence-electron chi connectivity index (χ3n) is 22.6. The molecule has 9 heterocycles. The maximum atomic E-state index is 16.4. The van der Waals surface area contributed by atoms with Gasteiger partial charge in [0.2, 0.25) is 53.4 Å². The number of phenolic OH excluding ortho intramolecular Hbond substituents is 3. The number of alkyl halides is 3. The molecule has 1 unspecified atom stereocenters. The van der Waals surface area contributed by atoms with Gasteiger partial charge in [-0.1, -0.05) is 61.3 Å². The van der Waals surface area contributed by atoms with Crippen molar-refractivity contribution in [2.75, 3.05) is 20.2 Å². The summed E-state index contributed by atoms with van der Waals surface area (Å²) >= 11 is 14.5. The van der Waals surface area contributed by atoms with E-state index in [2.05, 4.69) is 52.3 Å². The Morgan fingerprint density at radius 2 is 1.31 bits per heavy atom. The standard InChI is InChI=1S/C85H94Cl2F3N11O29/c1-32(2)18-47(93-5)75(114)100-63-65(107)37-10-16-51(44(86)20-37)123-53-22-39-23-54(72(53)128-83-70(112)68(110)73(56(31-102)126-83)129-82-69(111)67(109)66(108)55(125-82)30-94-28-34-6-14-46(95-29-34)35-7-12-41(13-8-35)130-85(88,89)90)124-52-17-11-38(21-45(52)87)71(127-58-27-84(4,92)74(113)33(3)122-58)64-80(119)99-62(81(120)121)43-24-40(103)25-50(105)59(43)42-19-36(9-15-49(42)104)60(77(116)101-64)98-78(117)61(39)97-76(115)48(26-57(91)106)96-79(63)118/h6-17,19-25,29,32-33,47-48,55-56,58,60-71,73-74,82-83,93-94,102-105,107-113H,18,26-28,30-31,92H2,1-5H3,(H2,91,106)(H,96,118)(H,97,115)(H,98,117)(H,99,119)(H,100,114)(H,101,116)(H,120,121)/t33-,47+,48+,55+,56+,58-,60+,61+,62+,63?,64-,65+,66-,67-,68+,69+,70+,71+,73+,74-,82-,83-,84-/m0/s1. The largest absolute Gasteiger partial charge is 0.573 e. The average Bonchev–Trinajstić information content (AvgIpc) is 0.760. The van der Waals surface area contributed by atoms with Crippen molar-refractivity contribution in [2.45, 2.75) is 200 Å². The lowest BCUT2D eigenvalue weighted by molar-refractivity contribution is -0.350. The van der Waals surface area contributed by atoms with Crippen LogP contribution in [0.25, 0.3) is 22.4 Å². The van der Waals surface area contributed by atoms with E-state index in [9.17, 15) is 88.8 Å².